The smallest absolute Gasteiger partial charge is 0.137 e. The van der Waals surface area contributed by atoms with Crippen LogP contribution in [0.15, 0.2) is 47.4 Å². The summed E-state index contributed by atoms with van der Waals surface area (Å²) in [5.41, 5.74) is 2.16. The van der Waals surface area contributed by atoms with Crippen molar-refractivity contribution in [2.75, 3.05) is 12.4 Å². The lowest BCUT2D eigenvalue weighted by Crippen LogP contribution is -2.10. The molecule has 2 nitrogen and oxygen atoms in total. The third kappa shape index (κ3) is 2.80. The van der Waals surface area contributed by atoms with Gasteiger partial charge in [-0.1, -0.05) is 35.9 Å². The molecule has 0 aliphatic carbocycles. The van der Waals surface area contributed by atoms with Crippen molar-refractivity contribution in [3.63, 3.8) is 0 Å². The standard InChI is InChI=1S/C16H15ClO2S/c17-14-7-11(8-18)5-6-15(14)19-9-12-10-20-16-4-2-1-3-13(12)16/h1-7,12,18H,8-10H2. The number of thioether (sulfide) groups is 1. The maximum atomic E-state index is 9.06. The molecule has 2 aromatic rings. The van der Waals surface area contributed by atoms with Gasteiger partial charge in [-0.05, 0) is 29.3 Å². The van der Waals surface area contributed by atoms with E-state index < -0.39 is 0 Å². The van der Waals surface area contributed by atoms with Crippen LogP contribution in [0.2, 0.25) is 5.02 Å². The second kappa shape index (κ2) is 6.08. The molecular formula is C16H15ClO2S. The van der Waals surface area contributed by atoms with Crippen LogP contribution in [-0.2, 0) is 6.61 Å². The van der Waals surface area contributed by atoms with Gasteiger partial charge >= 0.3 is 0 Å². The van der Waals surface area contributed by atoms with Crippen LogP contribution in [0.25, 0.3) is 0 Å². The average Bonchev–Trinajstić information content (AvgIpc) is 2.89. The molecule has 0 radical (unpaired) electrons. The Morgan fingerprint density at radius 3 is 2.90 bits per heavy atom. The molecule has 1 N–H and O–H groups in total. The predicted octanol–water partition coefficient (Wildman–Crippen LogP) is 4.10. The van der Waals surface area contributed by atoms with Gasteiger partial charge in [0.05, 0.1) is 18.2 Å². The highest BCUT2D eigenvalue weighted by Crippen LogP contribution is 2.39. The number of aliphatic hydroxyl groups is 1. The molecule has 0 amide bonds. The zero-order chi connectivity index (χ0) is 13.9. The number of benzene rings is 2. The number of aliphatic hydroxyl groups excluding tert-OH is 1. The first-order valence-electron chi connectivity index (χ1n) is 6.51. The van der Waals surface area contributed by atoms with E-state index in [1.165, 1.54) is 10.5 Å². The largest absolute Gasteiger partial charge is 0.491 e. The van der Waals surface area contributed by atoms with Gasteiger partial charge in [-0.2, -0.15) is 0 Å². The number of hydrogen-bond donors (Lipinski definition) is 1. The molecule has 1 aliphatic heterocycles. The van der Waals surface area contributed by atoms with Gasteiger partial charge in [-0.25, -0.2) is 0 Å². The summed E-state index contributed by atoms with van der Waals surface area (Å²) in [4.78, 5) is 1.35. The Morgan fingerprint density at radius 1 is 1.25 bits per heavy atom. The molecule has 3 rings (SSSR count). The van der Waals surface area contributed by atoms with Crippen LogP contribution < -0.4 is 4.74 Å². The summed E-state index contributed by atoms with van der Waals surface area (Å²) in [6.07, 6.45) is 0. The average molecular weight is 307 g/mol. The van der Waals surface area contributed by atoms with Crippen molar-refractivity contribution in [1.29, 1.82) is 0 Å². The van der Waals surface area contributed by atoms with E-state index in [0.29, 0.717) is 23.3 Å². The zero-order valence-corrected chi connectivity index (χ0v) is 12.5. The van der Waals surface area contributed by atoms with E-state index in [1.807, 2.05) is 23.9 Å². The van der Waals surface area contributed by atoms with E-state index in [-0.39, 0.29) is 6.61 Å². The molecule has 1 heterocycles. The summed E-state index contributed by atoms with van der Waals surface area (Å²) in [6, 6.07) is 13.9. The topological polar surface area (TPSA) is 29.5 Å². The quantitative estimate of drug-likeness (QED) is 0.922. The second-order valence-electron chi connectivity index (χ2n) is 4.78. The number of ether oxygens (including phenoxy) is 1. The molecule has 0 spiro atoms. The van der Waals surface area contributed by atoms with Gasteiger partial charge in [0.15, 0.2) is 0 Å². The summed E-state index contributed by atoms with van der Waals surface area (Å²) in [7, 11) is 0. The lowest BCUT2D eigenvalue weighted by Gasteiger charge is -2.14. The molecule has 0 bridgehead atoms. The van der Waals surface area contributed by atoms with Crippen molar-refractivity contribution in [1.82, 2.24) is 0 Å². The SMILES string of the molecule is OCc1ccc(OCC2CSc3ccccc32)c(Cl)c1. The Bertz CT molecular complexity index is 615. The second-order valence-corrected chi connectivity index (χ2v) is 6.25. The fraction of sp³-hybridized carbons (Fsp3) is 0.250. The van der Waals surface area contributed by atoms with Crippen LogP contribution in [0, 0.1) is 0 Å². The summed E-state index contributed by atoms with van der Waals surface area (Å²) < 4.78 is 5.85. The van der Waals surface area contributed by atoms with Crippen LogP contribution in [0.1, 0.15) is 17.0 Å². The van der Waals surface area contributed by atoms with Gasteiger partial charge in [-0.15, -0.1) is 11.8 Å². The monoisotopic (exact) mass is 306 g/mol. The van der Waals surface area contributed by atoms with Crippen molar-refractivity contribution < 1.29 is 9.84 Å². The zero-order valence-electron chi connectivity index (χ0n) is 10.9. The van der Waals surface area contributed by atoms with Crippen LogP contribution in [0.3, 0.4) is 0 Å². The predicted molar refractivity (Wildman–Crippen MR) is 82.8 cm³/mol. The minimum Gasteiger partial charge on any atom is -0.491 e. The highest BCUT2D eigenvalue weighted by molar-refractivity contribution is 7.99. The van der Waals surface area contributed by atoms with E-state index >= 15 is 0 Å². The van der Waals surface area contributed by atoms with E-state index in [2.05, 4.69) is 24.3 Å². The van der Waals surface area contributed by atoms with Gasteiger partial charge in [-0.3, -0.25) is 0 Å². The lowest BCUT2D eigenvalue weighted by atomic mass is 10.0. The summed E-state index contributed by atoms with van der Waals surface area (Å²) >= 11 is 8.03. The molecule has 1 unspecified atom stereocenters. The molecule has 0 fully saturated rings. The van der Waals surface area contributed by atoms with E-state index in [1.54, 1.807) is 6.07 Å². The molecule has 0 aromatic heterocycles. The van der Waals surface area contributed by atoms with Crippen molar-refractivity contribution >= 4 is 23.4 Å². The Balaban J connectivity index is 1.69. The van der Waals surface area contributed by atoms with E-state index in [4.69, 9.17) is 21.4 Å². The number of hydrogen-bond acceptors (Lipinski definition) is 3. The van der Waals surface area contributed by atoms with Crippen LogP contribution in [0.4, 0.5) is 0 Å². The first-order valence-corrected chi connectivity index (χ1v) is 7.88. The Kier molecular flexibility index (Phi) is 4.20. The lowest BCUT2D eigenvalue weighted by molar-refractivity contribution is 0.280. The molecule has 0 saturated carbocycles. The normalized spacial score (nSPS) is 17.0. The van der Waals surface area contributed by atoms with Gasteiger partial charge in [0.25, 0.3) is 0 Å². The Hall–Kier alpha value is -1.16. The molecule has 4 heteroatoms. The first kappa shape index (κ1) is 13.8. The number of rotatable bonds is 4. The fourth-order valence-electron chi connectivity index (χ4n) is 2.32. The molecule has 1 aliphatic rings. The highest BCUT2D eigenvalue weighted by atomic mass is 35.5. The van der Waals surface area contributed by atoms with Crippen LogP contribution in [0.5, 0.6) is 5.75 Å². The van der Waals surface area contributed by atoms with E-state index in [0.717, 1.165) is 11.3 Å². The maximum Gasteiger partial charge on any atom is 0.137 e. The molecule has 20 heavy (non-hydrogen) atoms. The Morgan fingerprint density at radius 2 is 2.10 bits per heavy atom. The van der Waals surface area contributed by atoms with Crippen molar-refractivity contribution in [3.8, 4) is 5.75 Å². The van der Waals surface area contributed by atoms with E-state index in [9.17, 15) is 0 Å². The van der Waals surface area contributed by atoms with Crippen molar-refractivity contribution in [2.45, 2.75) is 17.4 Å². The minimum atomic E-state index is -0.00730. The van der Waals surface area contributed by atoms with Crippen LogP contribution in [-0.4, -0.2) is 17.5 Å². The Labute approximate surface area is 127 Å². The van der Waals surface area contributed by atoms with Gasteiger partial charge in [0, 0.05) is 16.6 Å². The number of halogens is 1. The minimum absolute atomic E-state index is 0.00730. The first-order chi connectivity index (χ1) is 9.78. The summed E-state index contributed by atoms with van der Waals surface area (Å²) in [5, 5.41) is 9.61. The number of fused-ring (bicyclic) bond motifs is 1. The third-order valence-corrected chi connectivity index (χ3v) is 4.96. The summed E-state index contributed by atoms with van der Waals surface area (Å²) in [5.74, 6) is 2.13. The van der Waals surface area contributed by atoms with Gasteiger partial charge < -0.3 is 9.84 Å². The van der Waals surface area contributed by atoms with Gasteiger partial charge in [0.2, 0.25) is 0 Å². The van der Waals surface area contributed by atoms with Crippen molar-refractivity contribution in [3.05, 3.63) is 58.6 Å². The maximum absolute atomic E-state index is 9.06. The molecule has 0 saturated heterocycles. The summed E-state index contributed by atoms with van der Waals surface area (Å²) in [6.45, 7) is 0.620. The fourth-order valence-corrected chi connectivity index (χ4v) is 3.81. The van der Waals surface area contributed by atoms with Crippen molar-refractivity contribution in [2.24, 2.45) is 0 Å². The molecular weight excluding hydrogens is 292 g/mol. The molecule has 2 aromatic carbocycles. The van der Waals surface area contributed by atoms with Gasteiger partial charge in [0.1, 0.15) is 5.75 Å². The molecule has 1 atom stereocenters. The van der Waals surface area contributed by atoms with Crippen LogP contribution >= 0.6 is 23.4 Å². The highest BCUT2D eigenvalue weighted by Gasteiger charge is 2.23. The molecule has 104 valence electrons. The third-order valence-electron chi connectivity index (χ3n) is 3.42.